The molecule has 1 heteroatoms. The molecular weight excluding hydrogens is 182 g/mol. The van der Waals surface area contributed by atoms with E-state index in [1.807, 2.05) is 6.20 Å². The standard InChI is InChI=1S/C14H19N/c1-5-10-9-13-11(6-7-15-13)8-12(10)14(2,3)4/h6-9,15H,5H2,1-4H3. The van der Waals surface area contributed by atoms with E-state index in [2.05, 4.69) is 50.9 Å². The van der Waals surface area contributed by atoms with Crippen molar-refractivity contribution >= 4 is 10.9 Å². The molecule has 1 heterocycles. The van der Waals surface area contributed by atoms with E-state index in [4.69, 9.17) is 0 Å². The van der Waals surface area contributed by atoms with E-state index in [9.17, 15) is 0 Å². The molecule has 0 atom stereocenters. The number of rotatable bonds is 1. The zero-order chi connectivity index (χ0) is 11.1. The summed E-state index contributed by atoms with van der Waals surface area (Å²) in [5, 5.41) is 1.32. The molecule has 80 valence electrons. The zero-order valence-electron chi connectivity index (χ0n) is 10.0. The van der Waals surface area contributed by atoms with Crippen LogP contribution in [0.4, 0.5) is 0 Å². The molecular formula is C14H19N. The summed E-state index contributed by atoms with van der Waals surface area (Å²) in [6.07, 6.45) is 3.11. The Labute approximate surface area is 91.5 Å². The van der Waals surface area contributed by atoms with Crippen molar-refractivity contribution in [2.75, 3.05) is 0 Å². The van der Waals surface area contributed by atoms with Gasteiger partial charge in [-0.15, -0.1) is 0 Å². The van der Waals surface area contributed by atoms with Crippen LogP contribution in [-0.4, -0.2) is 4.98 Å². The van der Waals surface area contributed by atoms with E-state index < -0.39 is 0 Å². The lowest BCUT2D eigenvalue weighted by Gasteiger charge is -2.22. The van der Waals surface area contributed by atoms with Gasteiger partial charge in [-0.1, -0.05) is 27.7 Å². The van der Waals surface area contributed by atoms with E-state index in [1.165, 1.54) is 22.0 Å². The van der Waals surface area contributed by atoms with Gasteiger partial charge in [0, 0.05) is 11.7 Å². The third kappa shape index (κ3) is 1.79. The third-order valence-electron chi connectivity index (χ3n) is 2.97. The largest absolute Gasteiger partial charge is 0.361 e. The number of H-pyrrole nitrogens is 1. The summed E-state index contributed by atoms with van der Waals surface area (Å²) in [7, 11) is 0. The molecule has 0 spiro atoms. The number of benzene rings is 1. The maximum Gasteiger partial charge on any atom is 0.0456 e. The molecule has 1 aromatic carbocycles. The topological polar surface area (TPSA) is 15.8 Å². The van der Waals surface area contributed by atoms with Crippen LogP contribution in [0.5, 0.6) is 0 Å². The van der Waals surface area contributed by atoms with Gasteiger partial charge < -0.3 is 4.98 Å². The first-order chi connectivity index (χ1) is 7.02. The SMILES string of the molecule is CCc1cc2[nH]ccc2cc1C(C)(C)C. The summed E-state index contributed by atoms with van der Waals surface area (Å²) in [4.78, 5) is 3.27. The lowest BCUT2D eigenvalue weighted by Crippen LogP contribution is -2.13. The van der Waals surface area contributed by atoms with E-state index in [-0.39, 0.29) is 5.41 Å². The highest BCUT2D eigenvalue weighted by atomic mass is 14.7. The number of hydrogen-bond acceptors (Lipinski definition) is 0. The molecule has 0 saturated carbocycles. The Morgan fingerprint density at radius 3 is 2.53 bits per heavy atom. The Hall–Kier alpha value is -1.24. The fourth-order valence-corrected chi connectivity index (χ4v) is 2.14. The number of aromatic amines is 1. The van der Waals surface area contributed by atoms with Crippen molar-refractivity contribution in [3.8, 4) is 0 Å². The number of fused-ring (bicyclic) bond motifs is 1. The van der Waals surface area contributed by atoms with Crippen LogP contribution >= 0.6 is 0 Å². The highest BCUT2D eigenvalue weighted by Gasteiger charge is 2.17. The normalized spacial score (nSPS) is 12.3. The van der Waals surface area contributed by atoms with Gasteiger partial charge in [0.15, 0.2) is 0 Å². The Morgan fingerprint density at radius 1 is 1.20 bits per heavy atom. The maximum absolute atomic E-state index is 3.27. The van der Waals surface area contributed by atoms with Crippen molar-refractivity contribution in [1.82, 2.24) is 4.98 Å². The van der Waals surface area contributed by atoms with Gasteiger partial charge in [-0.25, -0.2) is 0 Å². The molecule has 0 saturated heterocycles. The van der Waals surface area contributed by atoms with Crippen LogP contribution in [0, 0.1) is 0 Å². The van der Waals surface area contributed by atoms with Crippen LogP contribution < -0.4 is 0 Å². The molecule has 1 aromatic heterocycles. The Bertz CT molecular complexity index is 472. The highest BCUT2D eigenvalue weighted by molar-refractivity contribution is 5.81. The number of hydrogen-bond donors (Lipinski definition) is 1. The first kappa shape index (κ1) is 10.3. The summed E-state index contributed by atoms with van der Waals surface area (Å²) in [6.45, 7) is 9.05. The average Bonchev–Trinajstić information content (AvgIpc) is 2.60. The van der Waals surface area contributed by atoms with Gasteiger partial charge in [0.05, 0.1) is 0 Å². The average molecular weight is 201 g/mol. The number of nitrogens with one attached hydrogen (secondary N) is 1. The minimum absolute atomic E-state index is 0.233. The fraction of sp³-hybridized carbons (Fsp3) is 0.429. The van der Waals surface area contributed by atoms with Crippen LogP contribution in [0.3, 0.4) is 0 Å². The molecule has 0 radical (unpaired) electrons. The predicted molar refractivity (Wildman–Crippen MR) is 66.4 cm³/mol. The molecule has 1 N–H and O–H groups in total. The fourth-order valence-electron chi connectivity index (χ4n) is 2.14. The Kier molecular flexibility index (Phi) is 2.34. The minimum atomic E-state index is 0.233. The molecule has 0 unspecified atom stereocenters. The summed E-state index contributed by atoms with van der Waals surface area (Å²) < 4.78 is 0. The smallest absolute Gasteiger partial charge is 0.0456 e. The van der Waals surface area contributed by atoms with Gasteiger partial charge in [0.1, 0.15) is 0 Å². The highest BCUT2D eigenvalue weighted by Crippen LogP contribution is 2.29. The molecule has 0 aliphatic rings. The molecule has 1 nitrogen and oxygen atoms in total. The second-order valence-corrected chi connectivity index (χ2v) is 5.18. The minimum Gasteiger partial charge on any atom is -0.361 e. The van der Waals surface area contributed by atoms with Crippen LogP contribution in [-0.2, 0) is 11.8 Å². The third-order valence-corrected chi connectivity index (χ3v) is 2.97. The first-order valence-electron chi connectivity index (χ1n) is 5.63. The van der Waals surface area contributed by atoms with Crippen LogP contribution in [0.2, 0.25) is 0 Å². The molecule has 15 heavy (non-hydrogen) atoms. The van der Waals surface area contributed by atoms with Crippen molar-refractivity contribution < 1.29 is 0 Å². The molecule has 0 aliphatic carbocycles. The Balaban J connectivity index is 2.70. The summed E-state index contributed by atoms with van der Waals surface area (Å²) >= 11 is 0. The van der Waals surface area contributed by atoms with Crippen LogP contribution in [0.25, 0.3) is 10.9 Å². The summed E-state index contributed by atoms with van der Waals surface area (Å²) in [5.41, 5.74) is 4.41. The molecule has 0 amide bonds. The second kappa shape index (κ2) is 3.41. The van der Waals surface area contributed by atoms with Crippen LogP contribution in [0.1, 0.15) is 38.8 Å². The molecule has 0 aliphatic heterocycles. The van der Waals surface area contributed by atoms with E-state index in [1.54, 1.807) is 0 Å². The van der Waals surface area contributed by atoms with Gasteiger partial charge in [-0.3, -0.25) is 0 Å². The predicted octanol–water partition coefficient (Wildman–Crippen LogP) is 4.03. The monoisotopic (exact) mass is 201 g/mol. The van der Waals surface area contributed by atoms with E-state index >= 15 is 0 Å². The molecule has 2 aromatic rings. The summed E-state index contributed by atoms with van der Waals surface area (Å²) in [6, 6.07) is 6.75. The number of aromatic nitrogens is 1. The molecule has 2 rings (SSSR count). The second-order valence-electron chi connectivity index (χ2n) is 5.18. The van der Waals surface area contributed by atoms with Crippen molar-refractivity contribution in [2.45, 2.75) is 39.5 Å². The zero-order valence-corrected chi connectivity index (χ0v) is 10.0. The lowest BCUT2D eigenvalue weighted by molar-refractivity contribution is 0.584. The van der Waals surface area contributed by atoms with Gasteiger partial charge in [-0.2, -0.15) is 0 Å². The molecule has 0 bridgehead atoms. The van der Waals surface area contributed by atoms with Gasteiger partial charge >= 0.3 is 0 Å². The van der Waals surface area contributed by atoms with Gasteiger partial charge in [-0.05, 0) is 46.5 Å². The lowest BCUT2D eigenvalue weighted by atomic mass is 9.82. The van der Waals surface area contributed by atoms with Gasteiger partial charge in [0.25, 0.3) is 0 Å². The first-order valence-corrected chi connectivity index (χ1v) is 5.63. The van der Waals surface area contributed by atoms with Crippen molar-refractivity contribution in [3.63, 3.8) is 0 Å². The maximum atomic E-state index is 3.27. The quantitative estimate of drug-likeness (QED) is 0.717. The number of aryl methyl sites for hydroxylation is 1. The Morgan fingerprint density at radius 2 is 1.93 bits per heavy atom. The van der Waals surface area contributed by atoms with Gasteiger partial charge in [0.2, 0.25) is 0 Å². The van der Waals surface area contributed by atoms with Crippen molar-refractivity contribution in [1.29, 1.82) is 0 Å². The van der Waals surface area contributed by atoms with Crippen LogP contribution in [0.15, 0.2) is 24.4 Å². The van der Waals surface area contributed by atoms with E-state index in [0.717, 1.165) is 6.42 Å². The van der Waals surface area contributed by atoms with Crippen molar-refractivity contribution in [3.05, 3.63) is 35.5 Å². The van der Waals surface area contributed by atoms with E-state index in [0.29, 0.717) is 0 Å². The summed E-state index contributed by atoms with van der Waals surface area (Å²) in [5.74, 6) is 0. The molecule has 0 fully saturated rings. The van der Waals surface area contributed by atoms with Crippen molar-refractivity contribution in [2.24, 2.45) is 0 Å².